The highest BCUT2D eigenvalue weighted by Gasteiger charge is 2.25. The summed E-state index contributed by atoms with van der Waals surface area (Å²) in [7, 11) is 1.44. The van der Waals surface area contributed by atoms with E-state index in [1.54, 1.807) is 11.8 Å². The molecule has 0 aromatic heterocycles. The maximum Gasteiger partial charge on any atom is 0.310 e. The van der Waals surface area contributed by atoms with Crippen LogP contribution in [0.5, 0.6) is 0 Å². The van der Waals surface area contributed by atoms with E-state index in [0.717, 1.165) is 22.3 Å². The molecule has 0 atom stereocenters. The number of ether oxygens (including phenoxy) is 1. The van der Waals surface area contributed by atoms with Gasteiger partial charge in [0.15, 0.2) is 0 Å². The second-order valence-corrected chi connectivity index (χ2v) is 6.61. The first-order chi connectivity index (χ1) is 11.6. The molecule has 0 amide bonds. The Morgan fingerprint density at radius 3 is 2.38 bits per heavy atom. The van der Waals surface area contributed by atoms with E-state index in [4.69, 9.17) is 4.74 Å². The summed E-state index contributed by atoms with van der Waals surface area (Å²) in [5, 5.41) is 0. The van der Waals surface area contributed by atoms with Gasteiger partial charge >= 0.3 is 5.97 Å². The molecule has 1 aliphatic carbocycles. The number of benzene rings is 2. The van der Waals surface area contributed by atoms with Crippen molar-refractivity contribution in [3.63, 3.8) is 0 Å². The van der Waals surface area contributed by atoms with Crippen molar-refractivity contribution in [2.24, 2.45) is 0 Å². The fourth-order valence-electron chi connectivity index (χ4n) is 3.05. The average molecular weight is 336 g/mol. The third-order valence-corrected chi connectivity index (χ3v) is 5.12. The Bertz CT molecular complexity index is 829. The van der Waals surface area contributed by atoms with Crippen LogP contribution in [0.2, 0.25) is 0 Å². The molecule has 0 bridgehead atoms. The average Bonchev–Trinajstić information content (AvgIpc) is 2.88. The van der Waals surface area contributed by atoms with E-state index < -0.39 is 0 Å². The highest BCUT2D eigenvalue weighted by atomic mass is 32.2. The molecule has 2 aromatic carbocycles. The second-order valence-electron chi connectivity index (χ2n) is 5.73. The van der Waals surface area contributed by atoms with Crippen molar-refractivity contribution in [3.05, 3.63) is 70.8 Å². The Morgan fingerprint density at radius 2 is 1.75 bits per heavy atom. The van der Waals surface area contributed by atoms with Crippen molar-refractivity contribution < 1.29 is 9.53 Å². The number of fused-ring (bicyclic) bond motifs is 1. The molecule has 3 heteroatoms. The van der Waals surface area contributed by atoms with Gasteiger partial charge in [0, 0.05) is 4.90 Å². The van der Waals surface area contributed by atoms with E-state index in [1.807, 2.05) is 12.1 Å². The van der Waals surface area contributed by atoms with Crippen LogP contribution in [-0.4, -0.2) is 19.3 Å². The quantitative estimate of drug-likeness (QED) is 0.560. The molecule has 0 N–H and O–H groups in total. The minimum absolute atomic E-state index is 0.208. The molecule has 0 spiro atoms. The molecule has 0 radical (unpaired) electrons. The number of thioether (sulfide) groups is 1. The Hall–Kier alpha value is -2.26. The fraction of sp³-hybridized carbons (Fsp3) is 0.190. The zero-order chi connectivity index (χ0) is 17.1. The van der Waals surface area contributed by atoms with Crippen molar-refractivity contribution in [2.75, 3.05) is 13.4 Å². The number of rotatable bonds is 4. The van der Waals surface area contributed by atoms with Gasteiger partial charge in [0.05, 0.1) is 13.5 Å². The lowest BCUT2D eigenvalue weighted by Crippen LogP contribution is -2.02. The van der Waals surface area contributed by atoms with Crippen LogP contribution < -0.4 is 0 Å². The summed E-state index contributed by atoms with van der Waals surface area (Å²) < 4.78 is 4.89. The van der Waals surface area contributed by atoms with Gasteiger partial charge in [-0.25, -0.2) is 0 Å². The van der Waals surface area contributed by atoms with Crippen LogP contribution in [0.3, 0.4) is 0 Å². The summed E-state index contributed by atoms with van der Waals surface area (Å²) in [6, 6.07) is 16.8. The first-order valence-electron chi connectivity index (χ1n) is 7.86. The van der Waals surface area contributed by atoms with Crippen LogP contribution >= 0.6 is 11.8 Å². The Balaban J connectivity index is 2.07. The van der Waals surface area contributed by atoms with Gasteiger partial charge in [-0.1, -0.05) is 36.4 Å². The minimum Gasteiger partial charge on any atom is -0.469 e. The summed E-state index contributed by atoms with van der Waals surface area (Å²) in [6.45, 7) is 2.08. The molecule has 24 heavy (non-hydrogen) atoms. The van der Waals surface area contributed by atoms with Crippen LogP contribution in [0.15, 0.2) is 59.0 Å². The largest absolute Gasteiger partial charge is 0.469 e. The molecule has 2 nitrogen and oxygen atoms in total. The molecule has 0 saturated heterocycles. The molecule has 0 fully saturated rings. The van der Waals surface area contributed by atoms with Gasteiger partial charge in [-0.2, -0.15) is 0 Å². The summed E-state index contributed by atoms with van der Waals surface area (Å²) in [5.74, 6) is -0.208. The van der Waals surface area contributed by atoms with Gasteiger partial charge < -0.3 is 4.74 Å². The summed E-state index contributed by atoms with van der Waals surface area (Å²) in [5.41, 5.74) is 6.84. The van der Waals surface area contributed by atoms with Gasteiger partial charge in [-0.15, -0.1) is 11.8 Å². The third kappa shape index (κ3) is 3.17. The Labute approximate surface area is 147 Å². The van der Waals surface area contributed by atoms with Crippen LogP contribution in [0.25, 0.3) is 17.2 Å². The SMILES string of the molecule is COC(=O)CC1=C(C)c2ccccc2C1=Cc1ccc(SC)cc1. The molecule has 0 saturated carbocycles. The fourth-order valence-corrected chi connectivity index (χ4v) is 3.46. The highest BCUT2D eigenvalue weighted by Crippen LogP contribution is 2.43. The zero-order valence-corrected chi connectivity index (χ0v) is 14.9. The Kier molecular flexibility index (Phi) is 4.91. The normalized spacial score (nSPS) is 14.9. The first kappa shape index (κ1) is 16.6. The number of carbonyl (C=O) groups excluding carboxylic acids is 1. The number of carbonyl (C=O) groups is 1. The monoisotopic (exact) mass is 336 g/mol. The van der Waals surface area contributed by atoms with E-state index in [0.29, 0.717) is 6.42 Å². The molecule has 122 valence electrons. The van der Waals surface area contributed by atoms with E-state index in [1.165, 1.54) is 23.1 Å². The lowest BCUT2D eigenvalue weighted by Gasteiger charge is -2.08. The van der Waals surface area contributed by atoms with Gasteiger partial charge in [-0.05, 0) is 64.8 Å². The molecule has 1 aliphatic rings. The maximum atomic E-state index is 11.9. The number of allylic oxidation sites excluding steroid dienone is 2. The highest BCUT2D eigenvalue weighted by molar-refractivity contribution is 7.98. The lowest BCUT2D eigenvalue weighted by atomic mass is 9.98. The van der Waals surface area contributed by atoms with E-state index in [-0.39, 0.29) is 5.97 Å². The van der Waals surface area contributed by atoms with Gasteiger partial charge in [0.1, 0.15) is 0 Å². The maximum absolute atomic E-state index is 11.9. The Morgan fingerprint density at radius 1 is 1.08 bits per heavy atom. The van der Waals surface area contributed by atoms with Gasteiger partial charge in [0.2, 0.25) is 0 Å². The third-order valence-electron chi connectivity index (χ3n) is 4.37. The standard InChI is InChI=1S/C21H20O2S/c1-14-17-6-4-5-7-18(17)20(19(14)13-21(22)23-2)12-15-8-10-16(24-3)11-9-15/h4-12H,13H2,1-3H3. The van der Waals surface area contributed by atoms with Crippen molar-refractivity contribution in [3.8, 4) is 0 Å². The molecular weight excluding hydrogens is 316 g/mol. The predicted octanol–water partition coefficient (Wildman–Crippen LogP) is 5.30. The molecule has 3 rings (SSSR count). The molecule has 0 aliphatic heterocycles. The summed E-state index contributed by atoms with van der Waals surface area (Å²) in [6.07, 6.45) is 4.53. The van der Waals surface area contributed by atoms with E-state index >= 15 is 0 Å². The second kappa shape index (κ2) is 7.10. The van der Waals surface area contributed by atoms with Gasteiger partial charge in [-0.3, -0.25) is 4.79 Å². The van der Waals surface area contributed by atoms with Crippen LogP contribution in [0, 0.1) is 0 Å². The molecule has 2 aromatic rings. The number of esters is 1. The number of hydrogen-bond donors (Lipinski definition) is 0. The summed E-state index contributed by atoms with van der Waals surface area (Å²) in [4.78, 5) is 13.1. The summed E-state index contributed by atoms with van der Waals surface area (Å²) >= 11 is 1.73. The van der Waals surface area contributed by atoms with Crippen LogP contribution in [0.4, 0.5) is 0 Å². The van der Waals surface area contributed by atoms with Crippen molar-refractivity contribution in [1.82, 2.24) is 0 Å². The number of hydrogen-bond acceptors (Lipinski definition) is 3. The first-order valence-corrected chi connectivity index (χ1v) is 9.09. The molecular formula is C21H20O2S. The molecule has 0 heterocycles. The predicted molar refractivity (Wildman–Crippen MR) is 102 cm³/mol. The van der Waals surface area contributed by atoms with Crippen molar-refractivity contribution in [1.29, 1.82) is 0 Å². The van der Waals surface area contributed by atoms with Crippen molar-refractivity contribution in [2.45, 2.75) is 18.2 Å². The topological polar surface area (TPSA) is 26.3 Å². The van der Waals surface area contributed by atoms with Crippen molar-refractivity contribution >= 4 is 35.0 Å². The molecule has 0 unspecified atom stereocenters. The van der Waals surface area contributed by atoms with Crippen LogP contribution in [0.1, 0.15) is 30.0 Å². The lowest BCUT2D eigenvalue weighted by molar-refractivity contribution is -0.139. The zero-order valence-electron chi connectivity index (χ0n) is 14.1. The van der Waals surface area contributed by atoms with E-state index in [9.17, 15) is 4.79 Å². The number of methoxy groups -OCH3 is 1. The van der Waals surface area contributed by atoms with Crippen LogP contribution in [-0.2, 0) is 9.53 Å². The van der Waals surface area contributed by atoms with E-state index in [2.05, 4.69) is 55.7 Å². The minimum atomic E-state index is -0.208. The smallest absolute Gasteiger partial charge is 0.310 e. The van der Waals surface area contributed by atoms with Gasteiger partial charge in [0.25, 0.3) is 0 Å².